The maximum Gasteiger partial charge on any atom is 0.303 e. The van der Waals surface area contributed by atoms with E-state index in [1.54, 1.807) is 17.7 Å². The van der Waals surface area contributed by atoms with E-state index in [-0.39, 0.29) is 18.4 Å². The molecule has 0 aromatic carbocycles. The van der Waals surface area contributed by atoms with Gasteiger partial charge in [0.1, 0.15) is 0 Å². The van der Waals surface area contributed by atoms with Crippen LogP contribution in [-0.2, 0) is 22.5 Å². The van der Waals surface area contributed by atoms with Gasteiger partial charge in [0.05, 0.1) is 6.61 Å². The standard InChI is InChI=1S/C12H17NO4/c1-9-3-4-10(5-6-11(14)15)12(16)13(9)7-8-17-2/h3-4H,5-8H2,1-2H3,(H,14,15). The van der Waals surface area contributed by atoms with Crippen LogP contribution in [0.5, 0.6) is 0 Å². The van der Waals surface area contributed by atoms with Crippen LogP contribution in [0, 0.1) is 6.92 Å². The molecule has 1 aromatic heterocycles. The zero-order valence-electron chi connectivity index (χ0n) is 10.1. The Morgan fingerprint density at radius 1 is 1.47 bits per heavy atom. The molecule has 0 atom stereocenters. The third-order valence-electron chi connectivity index (χ3n) is 2.60. The fraction of sp³-hybridized carbons (Fsp3) is 0.500. The van der Waals surface area contributed by atoms with Crippen LogP contribution in [0.25, 0.3) is 0 Å². The summed E-state index contributed by atoms with van der Waals surface area (Å²) < 4.78 is 6.55. The Hall–Kier alpha value is -1.62. The van der Waals surface area contributed by atoms with Crippen molar-refractivity contribution in [3.63, 3.8) is 0 Å². The number of hydrogen-bond acceptors (Lipinski definition) is 3. The molecule has 0 radical (unpaired) electrons. The normalized spacial score (nSPS) is 10.5. The second-order valence-corrected chi connectivity index (χ2v) is 3.84. The fourth-order valence-electron chi connectivity index (χ4n) is 1.61. The molecule has 0 saturated heterocycles. The van der Waals surface area contributed by atoms with E-state index >= 15 is 0 Å². The van der Waals surface area contributed by atoms with Crippen LogP contribution in [0.3, 0.4) is 0 Å². The van der Waals surface area contributed by atoms with Gasteiger partial charge in [-0.15, -0.1) is 0 Å². The first-order chi connectivity index (χ1) is 8.06. The molecule has 0 amide bonds. The second kappa shape index (κ2) is 6.20. The molecule has 1 rings (SSSR count). The molecular weight excluding hydrogens is 222 g/mol. The number of ether oxygens (including phenoxy) is 1. The number of pyridine rings is 1. The van der Waals surface area contributed by atoms with Crippen molar-refractivity contribution in [2.75, 3.05) is 13.7 Å². The molecule has 0 aliphatic rings. The molecule has 17 heavy (non-hydrogen) atoms. The van der Waals surface area contributed by atoms with Gasteiger partial charge in [0.2, 0.25) is 0 Å². The highest BCUT2D eigenvalue weighted by molar-refractivity contribution is 5.67. The molecule has 0 saturated carbocycles. The minimum atomic E-state index is -0.895. The number of aliphatic carboxylic acids is 1. The van der Waals surface area contributed by atoms with Crippen molar-refractivity contribution in [2.24, 2.45) is 0 Å². The third kappa shape index (κ3) is 3.71. The number of methoxy groups -OCH3 is 1. The van der Waals surface area contributed by atoms with Crippen LogP contribution in [0.4, 0.5) is 0 Å². The highest BCUT2D eigenvalue weighted by atomic mass is 16.5. The summed E-state index contributed by atoms with van der Waals surface area (Å²) in [6.45, 7) is 2.79. The van der Waals surface area contributed by atoms with Gasteiger partial charge in [0.25, 0.3) is 5.56 Å². The van der Waals surface area contributed by atoms with Crippen molar-refractivity contribution in [1.82, 2.24) is 4.57 Å². The molecule has 0 aliphatic heterocycles. The predicted octanol–water partition coefficient (Wildman–Crippen LogP) is 0.820. The highest BCUT2D eigenvalue weighted by Crippen LogP contribution is 2.01. The number of aromatic nitrogens is 1. The number of nitrogens with zero attached hydrogens (tertiary/aromatic N) is 1. The van der Waals surface area contributed by atoms with Crippen LogP contribution < -0.4 is 5.56 Å². The van der Waals surface area contributed by atoms with Crippen molar-refractivity contribution >= 4 is 5.97 Å². The summed E-state index contributed by atoms with van der Waals surface area (Å²) in [5, 5.41) is 8.60. The van der Waals surface area contributed by atoms with E-state index in [2.05, 4.69) is 0 Å². The molecule has 0 spiro atoms. The first kappa shape index (κ1) is 13.4. The van der Waals surface area contributed by atoms with Crippen LogP contribution in [-0.4, -0.2) is 29.4 Å². The zero-order chi connectivity index (χ0) is 12.8. The predicted molar refractivity (Wildman–Crippen MR) is 63.3 cm³/mol. The number of aryl methyl sites for hydroxylation is 2. The largest absolute Gasteiger partial charge is 0.481 e. The lowest BCUT2D eigenvalue weighted by atomic mass is 10.1. The van der Waals surface area contributed by atoms with Crippen molar-refractivity contribution in [1.29, 1.82) is 0 Å². The molecule has 1 aromatic rings. The smallest absolute Gasteiger partial charge is 0.303 e. The third-order valence-corrected chi connectivity index (χ3v) is 2.60. The summed E-state index contributed by atoms with van der Waals surface area (Å²) in [5.41, 5.74) is 1.27. The summed E-state index contributed by atoms with van der Waals surface area (Å²) in [6, 6.07) is 3.53. The maximum atomic E-state index is 12.0. The maximum absolute atomic E-state index is 12.0. The van der Waals surface area contributed by atoms with E-state index in [4.69, 9.17) is 9.84 Å². The Kier molecular flexibility index (Phi) is 4.90. The average Bonchev–Trinajstić information content (AvgIpc) is 2.27. The Labute approximate surface area is 99.6 Å². The minimum Gasteiger partial charge on any atom is -0.481 e. The van der Waals surface area contributed by atoms with Gasteiger partial charge in [-0.25, -0.2) is 0 Å². The average molecular weight is 239 g/mol. The van der Waals surface area contributed by atoms with Gasteiger partial charge in [-0.05, 0) is 19.4 Å². The van der Waals surface area contributed by atoms with E-state index in [1.165, 1.54) is 0 Å². The van der Waals surface area contributed by atoms with Crippen LogP contribution in [0.1, 0.15) is 17.7 Å². The summed E-state index contributed by atoms with van der Waals surface area (Å²) in [4.78, 5) is 22.5. The van der Waals surface area contributed by atoms with E-state index < -0.39 is 5.97 Å². The van der Waals surface area contributed by atoms with E-state index in [9.17, 15) is 9.59 Å². The van der Waals surface area contributed by atoms with Crippen LogP contribution in [0.15, 0.2) is 16.9 Å². The number of carbonyl (C=O) groups is 1. The Bertz CT molecular complexity index is 450. The first-order valence-electron chi connectivity index (χ1n) is 5.46. The van der Waals surface area contributed by atoms with Crippen LogP contribution >= 0.6 is 0 Å². The van der Waals surface area contributed by atoms with Gasteiger partial charge >= 0.3 is 5.97 Å². The van der Waals surface area contributed by atoms with Gasteiger partial charge < -0.3 is 14.4 Å². The fourth-order valence-corrected chi connectivity index (χ4v) is 1.61. The monoisotopic (exact) mass is 239 g/mol. The SMILES string of the molecule is COCCn1c(C)ccc(CCC(=O)O)c1=O. The van der Waals surface area contributed by atoms with Gasteiger partial charge in [0.15, 0.2) is 0 Å². The lowest BCUT2D eigenvalue weighted by Crippen LogP contribution is -2.27. The van der Waals surface area contributed by atoms with Crippen molar-refractivity contribution < 1.29 is 14.6 Å². The second-order valence-electron chi connectivity index (χ2n) is 3.84. The summed E-state index contributed by atoms with van der Waals surface area (Å²) in [5.74, 6) is -0.895. The van der Waals surface area contributed by atoms with Gasteiger partial charge in [0, 0.05) is 31.3 Å². The number of hydrogen-bond donors (Lipinski definition) is 1. The molecule has 5 nitrogen and oxygen atoms in total. The zero-order valence-corrected chi connectivity index (χ0v) is 10.1. The molecule has 0 unspecified atom stereocenters. The first-order valence-corrected chi connectivity index (χ1v) is 5.46. The van der Waals surface area contributed by atoms with E-state index in [0.29, 0.717) is 18.7 Å². The van der Waals surface area contributed by atoms with Gasteiger partial charge in [-0.1, -0.05) is 6.07 Å². The number of rotatable bonds is 6. The summed E-state index contributed by atoms with van der Waals surface area (Å²) >= 11 is 0. The topological polar surface area (TPSA) is 68.5 Å². The summed E-state index contributed by atoms with van der Waals surface area (Å²) in [6.07, 6.45) is 0.240. The molecule has 1 heterocycles. The van der Waals surface area contributed by atoms with Gasteiger partial charge in [-0.3, -0.25) is 9.59 Å². The van der Waals surface area contributed by atoms with Crippen molar-refractivity contribution in [2.45, 2.75) is 26.3 Å². The lowest BCUT2D eigenvalue weighted by Gasteiger charge is -2.11. The Balaban J connectivity index is 2.93. The molecular formula is C12H17NO4. The molecule has 0 aliphatic carbocycles. The van der Waals surface area contributed by atoms with E-state index in [0.717, 1.165) is 5.69 Å². The molecule has 0 fully saturated rings. The summed E-state index contributed by atoms with van der Waals surface area (Å²) in [7, 11) is 1.58. The Morgan fingerprint density at radius 3 is 2.76 bits per heavy atom. The van der Waals surface area contributed by atoms with E-state index in [1.807, 2.05) is 13.0 Å². The highest BCUT2D eigenvalue weighted by Gasteiger charge is 2.07. The van der Waals surface area contributed by atoms with Crippen molar-refractivity contribution in [3.8, 4) is 0 Å². The van der Waals surface area contributed by atoms with Crippen LogP contribution in [0.2, 0.25) is 0 Å². The molecule has 1 N–H and O–H groups in total. The molecule has 5 heteroatoms. The number of carboxylic acid groups (broad SMARTS) is 1. The minimum absolute atomic E-state index is 0.0252. The lowest BCUT2D eigenvalue weighted by molar-refractivity contribution is -0.136. The van der Waals surface area contributed by atoms with Crippen molar-refractivity contribution in [3.05, 3.63) is 33.7 Å². The quantitative estimate of drug-likeness (QED) is 0.798. The van der Waals surface area contributed by atoms with Gasteiger partial charge in [-0.2, -0.15) is 0 Å². The number of carboxylic acids is 1. The molecule has 0 bridgehead atoms. The Morgan fingerprint density at radius 2 is 2.18 bits per heavy atom. The molecule has 94 valence electrons.